The monoisotopic (exact) mass is 277 g/mol. The Morgan fingerprint density at radius 3 is 2.55 bits per heavy atom. The molecular formula is C14H19N3O3. The molecule has 0 aromatic heterocycles. The van der Waals surface area contributed by atoms with Crippen molar-refractivity contribution in [2.45, 2.75) is 12.8 Å². The van der Waals surface area contributed by atoms with E-state index in [4.69, 9.17) is 10.5 Å². The summed E-state index contributed by atoms with van der Waals surface area (Å²) in [5, 5.41) is 2.82. The highest BCUT2D eigenvalue weighted by atomic mass is 16.5. The smallest absolute Gasteiger partial charge is 0.321 e. The zero-order valence-corrected chi connectivity index (χ0v) is 11.5. The zero-order chi connectivity index (χ0) is 14.5. The van der Waals surface area contributed by atoms with E-state index in [2.05, 4.69) is 5.32 Å². The van der Waals surface area contributed by atoms with Crippen molar-refractivity contribution in [3.63, 3.8) is 0 Å². The largest absolute Gasteiger partial charge is 0.495 e. The highest BCUT2D eigenvalue weighted by Gasteiger charge is 2.26. The van der Waals surface area contributed by atoms with Crippen LogP contribution in [-0.2, 0) is 4.79 Å². The Morgan fingerprint density at radius 2 is 1.95 bits per heavy atom. The molecule has 2 rings (SSSR count). The molecule has 1 heterocycles. The number of nitrogens with zero attached hydrogens (tertiary/aromatic N) is 1. The first-order valence-corrected chi connectivity index (χ1v) is 6.60. The highest BCUT2D eigenvalue weighted by Crippen LogP contribution is 2.24. The standard InChI is InChI=1S/C14H19N3O3/c1-20-12-5-3-2-4-11(12)16-14(19)17-8-6-10(7-9-17)13(15)18/h2-5,10H,6-9H2,1H3,(H2,15,18)(H,16,19). The molecule has 3 N–H and O–H groups in total. The summed E-state index contributed by atoms with van der Waals surface area (Å²) >= 11 is 0. The molecule has 1 aliphatic rings. The Hall–Kier alpha value is -2.24. The number of hydrogen-bond acceptors (Lipinski definition) is 3. The number of likely N-dealkylation sites (tertiary alicyclic amines) is 1. The van der Waals surface area contributed by atoms with Crippen molar-refractivity contribution in [3.05, 3.63) is 24.3 Å². The minimum absolute atomic E-state index is 0.120. The summed E-state index contributed by atoms with van der Waals surface area (Å²) in [4.78, 5) is 24.9. The average molecular weight is 277 g/mol. The molecule has 0 radical (unpaired) electrons. The number of amides is 3. The van der Waals surface area contributed by atoms with Crippen LogP contribution in [0, 0.1) is 5.92 Å². The molecule has 108 valence electrons. The second kappa shape index (κ2) is 6.27. The van der Waals surface area contributed by atoms with E-state index in [1.54, 1.807) is 24.1 Å². The molecule has 3 amide bonds. The van der Waals surface area contributed by atoms with Crippen molar-refractivity contribution < 1.29 is 14.3 Å². The lowest BCUT2D eigenvalue weighted by Gasteiger charge is -2.30. The lowest BCUT2D eigenvalue weighted by molar-refractivity contribution is -0.122. The molecule has 6 nitrogen and oxygen atoms in total. The summed E-state index contributed by atoms with van der Waals surface area (Å²) in [6.45, 7) is 1.07. The molecule has 1 saturated heterocycles. The summed E-state index contributed by atoms with van der Waals surface area (Å²) in [6, 6.07) is 7.06. The first-order chi connectivity index (χ1) is 9.61. The number of piperidine rings is 1. The van der Waals surface area contributed by atoms with Gasteiger partial charge in [-0.2, -0.15) is 0 Å². The van der Waals surface area contributed by atoms with Crippen LogP contribution >= 0.6 is 0 Å². The Bertz CT molecular complexity index is 496. The number of carbonyl (C=O) groups excluding carboxylic acids is 2. The third-order valence-corrected chi connectivity index (χ3v) is 3.53. The molecule has 0 aliphatic carbocycles. The first kappa shape index (κ1) is 14.2. The minimum Gasteiger partial charge on any atom is -0.495 e. The second-order valence-corrected chi connectivity index (χ2v) is 4.79. The zero-order valence-electron chi connectivity index (χ0n) is 11.5. The van der Waals surface area contributed by atoms with Gasteiger partial charge in [-0.25, -0.2) is 4.79 Å². The Morgan fingerprint density at radius 1 is 1.30 bits per heavy atom. The van der Waals surface area contributed by atoms with Gasteiger partial charge in [0.1, 0.15) is 5.75 Å². The van der Waals surface area contributed by atoms with E-state index < -0.39 is 0 Å². The van der Waals surface area contributed by atoms with Crippen LogP contribution in [0.3, 0.4) is 0 Å². The fourth-order valence-corrected chi connectivity index (χ4v) is 2.31. The van der Waals surface area contributed by atoms with Gasteiger partial charge < -0.3 is 20.7 Å². The topological polar surface area (TPSA) is 84.7 Å². The van der Waals surface area contributed by atoms with E-state index in [-0.39, 0.29) is 17.9 Å². The fraction of sp³-hybridized carbons (Fsp3) is 0.429. The van der Waals surface area contributed by atoms with Crippen molar-refractivity contribution in [1.82, 2.24) is 4.90 Å². The van der Waals surface area contributed by atoms with Gasteiger partial charge in [-0.05, 0) is 25.0 Å². The number of carbonyl (C=O) groups is 2. The predicted molar refractivity (Wildman–Crippen MR) is 75.5 cm³/mol. The third kappa shape index (κ3) is 3.20. The van der Waals surface area contributed by atoms with Crippen LogP contribution in [-0.4, -0.2) is 37.0 Å². The highest BCUT2D eigenvalue weighted by molar-refractivity contribution is 5.91. The number of primary amides is 1. The van der Waals surface area contributed by atoms with Gasteiger partial charge in [0.05, 0.1) is 12.8 Å². The Balaban J connectivity index is 1.94. The van der Waals surface area contributed by atoms with Crippen LogP contribution in [0.15, 0.2) is 24.3 Å². The summed E-state index contributed by atoms with van der Waals surface area (Å²) in [5.74, 6) is 0.216. The molecule has 20 heavy (non-hydrogen) atoms. The van der Waals surface area contributed by atoms with Gasteiger partial charge in [0.25, 0.3) is 0 Å². The molecule has 1 aromatic rings. The molecule has 0 unspecified atom stereocenters. The molecular weight excluding hydrogens is 258 g/mol. The minimum atomic E-state index is -0.283. The van der Waals surface area contributed by atoms with Gasteiger partial charge in [-0.15, -0.1) is 0 Å². The van der Waals surface area contributed by atoms with Gasteiger partial charge in [0, 0.05) is 19.0 Å². The van der Waals surface area contributed by atoms with Crippen molar-refractivity contribution >= 4 is 17.6 Å². The van der Waals surface area contributed by atoms with Crippen LogP contribution in [0.5, 0.6) is 5.75 Å². The number of urea groups is 1. The lowest BCUT2D eigenvalue weighted by atomic mass is 9.96. The van der Waals surface area contributed by atoms with Gasteiger partial charge in [0.15, 0.2) is 0 Å². The number of ether oxygens (including phenoxy) is 1. The maximum atomic E-state index is 12.2. The molecule has 1 aromatic carbocycles. The molecule has 0 bridgehead atoms. The van der Waals surface area contributed by atoms with E-state index in [0.717, 1.165) is 0 Å². The molecule has 1 aliphatic heterocycles. The van der Waals surface area contributed by atoms with Gasteiger partial charge in [-0.3, -0.25) is 4.79 Å². The third-order valence-electron chi connectivity index (χ3n) is 3.53. The quantitative estimate of drug-likeness (QED) is 0.876. The van der Waals surface area contributed by atoms with Crippen molar-refractivity contribution in [2.75, 3.05) is 25.5 Å². The fourth-order valence-electron chi connectivity index (χ4n) is 2.31. The molecule has 0 saturated carbocycles. The summed E-state index contributed by atoms with van der Waals surface area (Å²) < 4.78 is 5.19. The van der Waals surface area contributed by atoms with Gasteiger partial charge in [0.2, 0.25) is 5.91 Å². The number of nitrogens with one attached hydrogen (secondary N) is 1. The molecule has 0 spiro atoms. The van der Waals surface area contributed by atoms with Crippen LogP contribution < -0.4 is 15.8 Å². The first-order valence-electron chi connectivity index (χ1n) is 6.60. The van der Waals surface area contributed by atoms with E-state index in [0.29, 0.717) is 37.4 Å². The Labute approximate surface area is 117 Å². The van der Waals surface area contributed by atoms with Crippen molar-refractivity contribution in [2.24, 2.45) is 11.7 Å². The van der Waals surface area contributed by atoms with E-state index in [1.165, 1.54) is 0 Å². The van der Waals surface area contributed by atoms with E-state index in [1.807, 2.05) is 12.1 Å². The number of nitrogens with two attached hydrogens (primary N) is 1. The Kier molecular flexibility index (Phi) is 4.45. The second-order valence-electron chi connectivity index (χ2n) is 4.79. The number of hydrogen-bond donors (Lipinski definition) is 2. The van der Waals surface area contributed by atoms with Crippen LogP contribution in [0.25, 0.3) is 0 Å². The van der Waals surface area contributed by atoms with Gasteiger partial charge in [-0.1, -0.05) is 12.1 Å². The maximum absolute atomic E-state index is 12.2. The van der Waals surface area contributed by atoms with Crippen molar-refractivity contribution in [1.29, 1.82) is 0 Å². The summed E-state index contributed by atoms with van der Waals surface area (Å²) in [6.07, 6.45) is 1.24. The van der Waals surface area contributed by atoms with Crippen LogP contribution in [0.2, 0.25) is 0 Å². The lowest BCUT2D eigenvalue weighted by Crippen LogP contribution is -2.43. The SMILES string of the molecule is COc1ccccc1NC(=O)N1CCC(C(N)=O)CC1. The van der Waals surface area contributed by atoms with Crippen LogP contribution in [0.1, 0.15) is 12.8 Å². The van der Waals surface area contributed by atoms with Crippen LogP contribution in [0.4, 0.5) is 10.5 Å². The molecule has 1 fully saturated rings. The van der Waals surface area contributed by atoms with Crippen molar-refractivity contribution in [3.8, 4) is 5.75 Å². The normalized spacial score (nSPS) is 15.8. The number of benzene rings is 1. The summed E-state index contributed by atoms with van der Waals surface area (Å²) in [5.41, 5.74) is 5.91. The average Bonchev–Trinajstić information content (AvgIpc) is 2.48. The molecule has 6 heteroatoms. The number of anilines is 1. The molecule has 0 atom stereocenters. The predicted octanol–water partition coefficient (Wildman–Crippen LogP) is 1.42. The number of rotatable bonds is 3. The maximum Gasteiger partial charge on any atom is 0.321 e. The number of para-hydroxylation sites is 2. The summed E-state index contributed by atoms with van der Waals surface area (Å²) in [7, 11) is 1.56. The van der Waals surface area contributed by atoms with Gasteiger partial charge >= 0.3 is 6.03 Å². The number of methoxy groups -OCH3 is 1. The van der Waals surface area contributed by atoms with E-state index in [9.17, 15) is 9.59 Å². The van der Waals surface area contributed by atoms with E-state index >= 15 is 0 Å².